The molecule has 21 heavy (non-hydrogen) atoms. The van der Waals surface area contributed by atoms with Crippen molar-refractivity contribution in [3.05, 3.63) is 57.1 Å². The highest BCUT2D eigenvalue weighted by Crippen LogP contribution is 2.38. The lowest BCUT2D eigenvalue weighted by molar-refractivity contribution is -0.384. The van der Waals surface area contributed by atoms with E-state index in [1.54, 1.807) is 12.1 Å². The summed E-state index contributed by atoms with van der Waals surface area (Å²) < 4.78 is 5.17. The molecular formula is C14H10ClNO5. The minimum absolute atomic E-state index is 0.161. The second-order valence-electron chi connectivity index (χ2n) is 4.14. The number of carbonyl (C=O) groups is 1. The van der Waals surface area contributed by atoms with Crippen molar-refractivity contribution in [2.75, 3.05) is 7.11 Å². The van der Waals surface area contributed by atoms with Crippen LogP contribution in [0.1, 0.15) is 10.4 Å². The molecule has 7 heteroatoms. The Morgan fingerprint density at radius 3 is 2.52 bits per heavy atom. The number of carboxylic acid groups (broad SMARTS) is 1. The Hall–Kier alpha value is -2.60. The van der Waals surface area contributed by atoms with Crippen LogP contribution in [0.2, 0.25) is 5.02 Å². The maximum Gasteiger partial charge on any atom is 0.335 e. The number of aromatic carboxylic acids is 1. The average molecular weight is 308 g/mol. The molecule has 0 aliphatic heterocycles. The van der Waals surface area contributed by atoms with E-state index in [2.05, 4.69) is 0 Å². The molecule has 2 aromatic rings. The fourth-order valence-corrected chi connectivity index (χ4v) is 2.11. The summed E-state index contributed by atoms with van der Waals surface area (Å²) in [5.74, 6) is -0.826. The molecule has 0 fully saturated rings. The first kappa shape index (κ1) is 14.8. The molecule has 0 aliphatic rings. The van der Waals surface area contributed by atoms with E-state index in [1.807, 2.05) is 0 Å². The van der Waals surface area contributed by atoms with Gasteiger partial charge in [-0.05, 0) is 30.3 Å². The van der Waals surface area contributed by atoms with Crippen LogP contribution >= 0.6 is 11.6 Å². The molecule has 1 N–H and O–H groups in total. The lowest BCUT2D eigenvalue weighted by Gasteiger charge is -2.10. The van der Waals surface area contributed by atoms with Gasteiger partial charge in [0.25, 0.3) is 5.69 Å². The normalized spacial score (nSPS) is 10.2. The average Bonchev–Trinajstić information content (AvgIpc) is 2.46. The molecule has 0 radical (unpaired) electrons. The van der Waals surface area contributed by atoms with E-state index >= 15 is 0 Å². The molecule has 6 nitrogen and oxygen atoms in total. The van der Waals surface area contributed by atoms with Crippen LogP contribution < -0.4 is 4.74 Å². The summed E-state index contributed by atoms with van der Waals surface area (Å²) in [6.07, 6.45) is 0. The lowest BCUT2D eigenvalue weighted by Crippen LogP contribution is -2.00. The van der Waals surface area contributed by atoms with Crippen LogP contribution in [-0.4, -0.2) is 23.1 Å². The second kappa shape index (κ2) is 5.80. The smallest absolute Gasteiger partial charge is 0.335 e. The molecule has 0 saturated carbocycles. The highest BCUT2D eigenvalue weighted by Gasteiger charge is 2.21. The molecule has 0 amide bonds. The summed E-state index contributed by atoms with van der Waals surface area (Å²) in [7, 11) is 1.43. The maximum atomic E-state index is 11.2. The van der Waals surface area contributed by atoms with Crippen molar-refractivity contribution in [2.45, 2.75) is 0 Å². The molecule has 0 saturated heterocycles. The number of ether oxygens (including phenoxy) is 1. The molecule has 0 aliphatic carbocycles. The second-order valence-corrected chi connectivity index (χ2v) is 4.58. The fourth-order valence-electron chi connectivity index (χ4n) is 1.93. The van der Waals surface area contributed by atoms with Crippen molar-refractivity contribution >= 4 is 23.3 Å². The van der Waals surface area contributed by atoms with E-state index in [9.17, 15) is 14.9 Å². The third kappa shape index (κ3) is 2.95. The van der Waals surface area contributed by atoms with Crippen molar-refractivity contribution in [3.8, 4) is 16.9 Å². The van der Waals surface area contributed by atoms with E-state index in [1.165, 1.54) is 25.3 Å². The number of hydrogen-bond donors (Lipinski definition) is 1. The summed E-state index contributed by atoms with van der Waals surface area (Å²) in [4.78, 5) is 21.5. The molecule has 0 spiro atoms. The minimum atomic E-state index is -1.23. The Balaban J connectivity index is 2.71. The highest BCUT2D eigenvalue weighted by molar-refractivity contribution is 6.31. The van der Waals surface area contributed by atoms with Gasteiger partial charge in [0.2, 0.25) is 0 Å². The number of nitro groups is 1. The van der Waals surface area contributed by atoms with Crippen LogP contribution in [0.5, 0.6) is 5.75 Å². The molecule has 2 aromatic carbocycles. The van der Waals surface area contributed by atoms with Gasteiger partial charge in [-0.25, -0.2) is 4.79 Å². The topological polar surface area (TPSA) is 89.7 Å². The first-order chi connectivity index (χ1) is 9.93. The first-order valence-electron chi connectivity index (χ1n) is 5.79. The Labute approximate surface area is 124 Å². The van der Waals surface area contributed by atoms with Crippen LogP contribution in [0, 0.1) is 10.1 Å². The zero-order chi connectivity index (χ0) is 15.6. The Morgan fingerprint density at radius 1 is 1.24 bits per heavy atom. The fraction of sp³-hybridized carbons (Fsp3) is 0.0714. The van der Waals surface area contributed by atoms with E-state index in [4.69, 9.17) is 21.4 Å². The van der Waals surface area contributed by atoms with Crippen molar-refractivity contribution < 1.29 is 19.6 Å². The number of nitrogens with zero attached hydrogens (tertiary/aromatic N) is 1. The Kier molecular flexibility index (Phi) is 4.09. The van der Waals surface area contributed by atoms with Crippen LogP contribution in [0.15, 0.2) is 36.4 Å². The predicted octanol–water partition coefficient (Wildman–Crippen LogP) is 3.62. The number of methoxy groups -OCH3 is 1. The summed E-state index contributed by atoms with van der Waals surface area (Å²) in [6.45, 7) is 0. The number of hydrogen-bond acceptors (Lipinski definition) is 4. The number of carboxylic acids is 1. The molecule has 0 unspecified atom stereocenters. The van der Waals surface area contributed by atoms with Crippen LogP contribution in [-0.2, 0) is 0 Å². The zero-order valence-corrected chi connectivity index (χ0v) is 11.6. The lowest BCUT2D eigenvalue weighted by atomic mass is 10.0. The van der Waals surface area contributed by atoms with Gasteiger partial charge in [0.1, 0.15) is 5.75 Å². The zero-order valence-electron chi connectivity index (χ0n) is 10.9. The van der Waals surface area contributed by atoms with Gasteiger partial charge in [-0.1, -0.05) is 11.6 Å². The van der Waals surface area contributed by atoms with Crippen molar-refractivity contribution in [1.82, 2.24) is 0 Å². The van der Waals surface area contributed by atoms with Crippen LogP contribution in [0.4, 0.5) is 5.69 Å². The monoisotopic (exact) mass is 307 g/mol. The molecular weight excluding hydrogens is 298 g/mol. The van der Waals surface area contributed by atoms with E-state index in [0.717, 1.165) is 6.07 Å². The maximum absolute atomic E-state index is 11.2. The number of halogens is 1. The summed E-state index contributed by atoms with van der Waals surface area (Å²) in [5, 5.41) is 20.5. The SMILES string of the molecule is COc1ccc(Cl)cc1-c1ccc(C(=O)O)cc1[N+](=O)[O-]. The minimum Gasteiger partial charge on any atom is -0.496 e. The van der Waals surface area contributed by atoms with Gasteiger partial charge in [-0.3, -0.25) is 10.1 Å². The van der Waals surface area contributed by atoms with Crippen molar-refractivity contribution in [2.24, 2.45) is 0 Å². The number of benzene rings is 2. The third-order valence-electron chi connectivity index (χ3n) is 2.89. The van der Waals surface area contributed by atoms with E-state index < -0.39 is 10.9 Å². The van der Waals surface area contributed by atoms with Gasteiger partial charge in [-0.2, -0.15) is 0 Å². The van der Waals surface area contributed by atoms with E-state index in [0.29, 0.717) is 16.3 Å². The van der Waals surface area contributed by atoms with Crippen molar-refractivity contribution in [1.29, 1.82) is 0 Å². The summed E-state index contributed by atoms with van der Waals surface area (Å²) in [6, 6.07) is 8.40. The number of rotatable bonds is 4. The van der Waals surface area contributed by atoms with Gasteiger partial charge >= 0.3 is 5.97 Å². The van der Waals surface area contributed by atoms with Gasteiger partial charge in [0.15, 0.2) is 0 Å². The predicted molar refractivity (Wildman–Crippen MR) is 77.1 cm³/mol. The highest BCUT2D eigenvalue weighted by atomic mass is 35.5. The van der Waals surface area contributed by atoms with Crippen LogP contribution in [0.25, 0.3) is 11.1 Å². The summed E-state index contributed by atoms with van der Waals surface area (Å²) >= 11 is 5.92. The molecule has 0 atom stereocenters. The van der Waals surface area contributed by atoms with Gasteiger partial charge in [0.05, 0.1) is 23.2 Å². The first-order valence-corrected chi connectivity index (χ1v) is 6.17. The third-order valence-corrected chi connectivity index (χ3v) is 3.13. The molecule has 0 aromatic heterocycles. The Bertz CT molecular complexity index is 729. The van der Waals surface area contributed by atoms with E-state index in [-0.39, 0.29) is 16.8 Å². The standard InChI is InChI=1S/C14H10ClNO5/c1-21-13-5-3-9(15)7-11(13)10-4-2-8(14(17)18)6-12(10)16(19)20/h2-7H,1H3,(H,17,18). The largest absolute Gasteiger partial charge is 0.496 e. The Morgan fingerprint density at radius 2 is 1.95 bits per heavy atom. The number of nitro benzene ring substituents is 1. The van der Waals surface area contributed by atoms with Gasteiger partial charge < -0.3 is 9.84 Å². The molecule has 108 valence electrons. The summed E-state index contributed by atoms with van der Waals surface area (Å²) in [5.41, 5.74) is 0.180. The molecule has 0 bridgehead atoms. The molecule has 0 heterocycles. The molecule has 2 rings (SSSR count). The van der Waals surface area contributed by atoms with Crippen molar-refractivity contribution in [3.63, 3.8) is 0 Å². The van der Waals surface area contributed by atoms with Crippen LogP contribution in [0.3, 0.4) is 0 Å². The van der Waals surface area contributed by atoms with Gasteiger partial charge in [0, 0.05) is 16.7 Å². The van der Waals surface area contributed by atoms with Gasteiger partial charge in [-0.15, -0.1) is 0 Å². The quantitative estimate of drug-likeness (QED) is 0.688.